The molecule has 27 heavy (non-hydrogen) atoms. The van der Waals surface area contributed by atoms with Crippen LogP contribution in [0.2, 0.25) is 0 Å². The van der Waals surface area contributed by atoms with E-state index in [1.165, 1.54) is 4.31 Å². The number of amides is 1. The van der Waals surface area contributed by atoms with Crippen molar-refractivity contribution in [2.24, 2.45) is 0 Å². The van der Waals surface area contributed by atoms with Crippen molar-refractivity contribution in [3.8, 4) is 0 Å². The Kier molecular flexibility index (Phi) is 5.52. The summed E-state index contributed by atoms with van der Waals surface area (Å²) >= 11 is 0. The summed E-state index contributed by atoms with van der Waals surface area (Å²) in [7, 11) is -3.48. The quantitative estimate of drug-likeness (QED) is 0.774. The van der Waals surface area contributed by atoms with Crippen molar-refractivity contribution >= 4 is 27.4 Å². The molecule has 8 nitrogen and oxygen atoms in total. The Balaban J connectivity index is 1.73. The Bertz CT molecular complexity index is 935. The predicted octanol–water partition coefficient (Wildman–Crippen LogP) is 2.01. The van der Waals surface area contributed by atoms with Gasteiger partial charge >= 0.3 is 0 Å². The van der Waals surface area contributed by atoms with Gasteiger partial charge in [0.2, 0.25) is 15.9 Å². The minimum absolute atomic E-state index is 0.168. The molecule has 1 aromatic heterocycles. The molecule has 1 N–H and O–H groups in total. The number of nitrogens with one attached hydrogen (secondary N) is 1. The van der Waals surface area contributed by atoms with Crippen LogP contribution in [-0.4, -0.2) is 50.0 Å². The number of hydrogen-bond donors (Lipinski definition) is 1. The number of hydrogen-bond acceptors (Lipinski definition) is 6. The molecule has 1 aliphatic rings. The molecule has 0 aliphatic carbocycles. The van der Waals surface area contributed by atoms with Gasteiger partial charge in [0.1, 0.15) is 5.76 Å². The molecule has 2 heterocycles. The zero-order valence-corrected chi connectivity index (χ0v) is 16.5. The van der Waals surface area contributed by atoms with Crippen LogP contribution < -0.4 is 10.2 Å². The first-order valence-electron chi connectivity index (χ1n) is 8.96. The number of rotatable bonds is 7. The standard InChI is InChI=1S/C18H24N4O4S/c1-4-22(5-2)27(24,25)15-6-7-16-14(11-15)8-9-21(16)12-18(23)19-17-10-13(3)26-20-17/h6-7,10-11H,4-5,8-9,12H2,1-3H3,(H,19,20,23). The number of fused-ring (bicyclic) bond motifs is 1. The van der Waals surface area contributed by atoms with Crippen LogP contribution in [0.5, 0.6) is 0 Å². The van der Waals surface area contributed by atoms with Gasteiger partial charge in [0.15, 0.2) is 5.82 Å². The third-order valence-corrected chi connectivity index (χ3v) is 6.66. The number of aryl methyl sites for hydroxylation is 1. The van der Waals surface area contributed by atoms with E-state index >= 15 is 0 Å². The molecule has 1 aromatic carbocycles. The van der Waals surface area contributed by atoms with E-state index in [0.717, 1.165) is 11.3 Å². The maximum atomic E-state index is 12.7. The zero-order valence-electron chi connectivity index (χ0n) is 15.7. The van der Waals surface area contributed by atoms with Crippen LogP contribution in [0, 0.1) is 6.92 Å². The smallest absolute Gasteiger partial charge is 0.245 e. The first-order valence-corrected chi connectivity index (χ1v) is 10.4. The molecule has 0 fully saturated rings. The highest BCUT2D eigenvalue weighted by molar-refractivity contribution is 7.89. The molecular formula is C18H24N4O4S. The fourth-order valence-electron chi connectivity index (χ4n) is 3.26. The molecule has 0 saturated heterocycles. The van der Waals surface area contributed by atoms with Crippen molar-refractivity contribution in [3.63, 3.8) is 0 Å². The van der Waals surface area contributed by atoms with E-state index in [0.29, 0.717) is 42.5 Å². The SMILES string of the molecule is CCN(CC)S(=O)(=O)c1ccc2c(c1)CCN2CC(=O)Nc1cc(C)on1. The summed E-state index contributed by atoms with van der Waals surface area (Å²) in [6, 6.07) is 6.78. The number of carbonyl (C=O) groups is 1. The highest BCUT2D eigenvalue weighted by atomic mass is 32.2. The van der Waals surface area contributed by atoms with Gasteiger partial charge < -0.3 is 14.7 Å². The molecule has 146 valence electrons. The molecule has 1 aliphatic heterocycles. The Hall–Kier alpha value is -2.39. The summed E-state index contributed by atoms with van der Waals surface area (Å²) in [5, 5.41) is 6.45. The molecule has 0 bridgehead atoms. The van der Waals surface area contributed by atoms with E-state index < -0.39 is 10.0 Å². The second-order valence-corrected chi connectivity index (χ2v) is 8.36. The summed E-state index contributed by atoms with van der Waals surface area (Å²) in [5.41, 5.74) is 1.83. The molecule has 3 rings (SSSR count). The largest absolute Gasteiger partial charge is 0.362 e. The van der Waals surface area contributed by atoms with E-state index in [1.807, 2.05) is 18.7 Å². The number of benzene rings is 1. The van der Waals surface area contributed by atoms with Crippen LogP contribution >= 0.6 is 0 Å². The Morgan fingerprint density at radius 2 is 2.04 bits per heavy atom. The first kappa shape index (κ1) is 19.4. The Morgan fingerprint density at radius 3 is 2.67 bits per heavy atom. The van der Waals surface area contributed by atoms with E-state index in [4.69, 9.17) is 4.52 Å². The van der Waals surface area contributed by atoms with Crippen LogP contribution in [0.3, 0.4) is 0 Å². The van der Waals surface area contributed by atoms with Crippen molar-refractivity contribution in [1.29, 1.82) is 0 Å². The second kappa shape index (κ2) is 7.69. The number of nitrogens with zero attached hydrogens (tertiary/aromatic N) is 3. The first-order chi connectivity index (χ1) is 12.8. The lowest BCUT2D eigenvalue weighted by Crippen LogP contribution is -2.32. The van der Waals surface area contributed by atoms with Gasteiger partial charge in [0.05, 0.1) is 11.4 Å². The summed E-state index contributed by atoms with van der Waals surface area (Å²) in [4.78, 5) is 14.5. The third kappa shape index (κ3) is 3.98. The number of carbonyl (C=O) groups excluding carboxylic acids is 1. The lowest BCUT2D eigenvalue weighted by atomic mass is 10.2. The lowest BCUT2D eigenvalue weighted by Gasteiger charge is -2.20. The monoisotopic (exact) mass is 392 g/mol. The maximum absolute atomic E-state index is 12.7. The fraction of sp³-hybridized carbons (Fsp3) is 0.444. The minimum Gasteiger partial charge on any atom is -0.362 e. The predicted molar refractivity (Wildman–Crippen MR) is 102 cm³/mol. The van der Waals surface area contributed by atoms with Crippen molar-refractivity contribution in [1.82, 2.24) is 9.46 Å². The minimum atomic E-state index is -3.48. The van der Waals surface area contributed by atoms with Crippen molar-refractivity contribution in [3.05, 3.63) is 35.6 Å². The maximum Gasteiger partial charge on any atom is 0.245 e. The fourth-order valence-corrected chi connectivity index (χ4v) is 4.77. The van der Waals surface area contributed by atoms with Gasteiger partial charge in [-0.3, -0.25) is 4.79 Å². The number of sulfonamides is 1. The van der Waals surface area contributed by atoms with Gasteiger partial charge in [-0.25, -0.2) is 8.42 Å². The van der Waals surface area contributed by atoms with Crippen molar-refractivity contribution in [2.75, 3.05) is 36.4 Å². The number of anilines is 2. The highest BCUT2D eigenvalue weighted by Gasteiger charge is 2.26. The highest BCUT2D eigenvalue weighted by Crippen LogP contribution is 2.31. The summed E-state index contributed by atoms with van der Waals surface area (Å²) < 4.78 is 31.8. The summed E-state index contributed by atoms with van der Waals surface area (Å²) in [6.45, 7) is 7.10. The van der Waals surface area contributed by atoms with Gasteiger partial charge in [0.25, 0.3) is 0 Å². The molecule has 2 aromatic rings. The van der Waals surface area contributed by atoms with Crippen LogP contribution in [0.1, 0.15) is 25.2 Å². The van der Waals surface area contributed by atoms with Gasteiger partial charge in [-0.15, -0.1) is 0 Å². The van der Waals surface area contributed by atoms with Crippen LogP contribution in [0.4, 0.5) is 11.5 Å². The van der Waals surface area contributed by atoms with E-state index in [2.05, 4.69) is 10.5 Å². The average Bonchev–Trinajstić information content (AvgIpc) is 3.21. The third-order valence-electron chi connectivity index (χ3n) is 4.62. The van der Waals surface area contributed by atoms with Gasteiger partial charge in [0, 0.05) is 31.4 Å². The van der Waals surface area contributed by atoms with Crippen molar-refractivity contribution < 1.29 is 17.7 Å². The molecule has 0 atom stereocenters. The molecule has 9 heteroatoms. The molecule has 0 saturated carbocycles. The zero-order chi connectivity index (χ0) is 19.6. The topological polar surface area (TPSA) is 95.8 Å². The molecule has 0 unspecified atom stereocenters. The van der Waals surface area contributed by atoms with Crippen molar-refractivity contribution in [2.45, 2.75) is 32.1 Å². The van der Waals surface area contributed by atoms with Crippen LogP contribution in [-0.2, 0) is 21.2 Å². The normalized spacial score (nSPS) is 13.9. The summed E-state index contributed by atoms with van der Waals surface area (Å²) in [5.74, 6) is 0.812. The molecule has 0 radical (unpaired) electrons. The van der Waals surface area contributed by atoms with E-state index in [1.54, 1.807) is 31.2 Å². The van der Waals surface area contributed by atoms with Gasteiger partial charge in [-0.2, -0.15) is 4.31 Å². The molecular weight excluding hydrogens is 368 g/mol. The van der Waals surface area contributed by atoms with E-state index in [9.17, 15) is 13.2 Å². The number of aromatic nitrogens is 1. The lowest BCUT2D eigenvalue weighted by molar-refractivity contribution is -0.115. The summed E-state index contributed by atoms with van der Waals surface area (Å²) in [6.07, 6.45) is 0.702. The average molecular weight is 392 g/mol. The molecule has 1 amide bonds. The Morgan fingerprint density at radius 1 is 1.30 bits per heavy atom. The van der Waals surface area contributed by atoms with Crippen LogP contribution in [0.15, 0.2) is 33.7 Å². The molecule has 0 spiro atoms. The second-order valence-electron chi connectivity index (χ2n) is 6.42. The van der Waals surface area contributed by atoms with E-state index in [-0.39, 0.29) is 12.5 Å². The van der Waals surface area contributed by atoms with Crippen LogP contribution in [0.25, 0.3) is 0 Å². The Labute approximate surface area is 159 Å². The van der Waals surface area contributed by atoms with Gasteiger partial charge in [-0.05, 0) is 37.1 Å². The van der Waals surface area contributed by atoms with Gasteiger partial charge in [-0.1, -0.05) is 19.0 Å².